The molecule has 1 amide bonds. The smallest absolute Gasteiger partial charge is 0.240 e. The molecule has 0 aliphatic carbocycles. The molecule has 8 heteroatoms. The first-order chi connectivity index (χ1) is 12.5. The normalized spacial score (nSPS) is 10.9. The lowest BCUT2D eigenvalue weighted by Gasteiger charge is -2.11. The molecule has 2 aromatic rings. The largest absolute Gasteiger partial charge is 0.326 e. The van der Waals surface area contributed by atoms with E-state index in [1.54, 1.807) is 24.3 Å². The highest BCUT2D eigenvalue weighted by Gasteiger charge is 2.11. The maximum atomic E-state index is 12.2. The first-order valence-electron chi connectivity index (χ1n) is 8.57. The molecule has 0 fully saturated rings. The molecule has 3 N–H and O–H groups in total. The van der Waals surface area contributed by atoms with Crippen LogP contribution in [0.1, 0.15) is 24.5 Å². The fourth-order valence-electron chi connectivity index (χ4n) is 2.48. The highest BCUT2D eigenvalue weighted by molar-refractivity contribution is 7.89. The van der Waals surface area contributed by atoms with Crippen LogP contribution >= 0.6 is 12.4 Å². The summed E-state index contributed by atoms with van der Waals surface area (Å²) in [6.45, 7) is 3.60. The molecule has 0 bridgehead atoms. The number of sulfonamides is 1. The minimum atomic E-state index is -3.43. The first kappa shape index (κ1) is 23.1. The van der Waals surface area contributed by atoms with Crippen LogP contribution in [0.15, 0.2) is 53.4 Å². The van der Waals surface area contributed by atoms with Crippen LogP contribution in [0.2, 0.25) is 0 Å². The lowest BCUT2D eigenvalue weighted by molar-refractivity contribution is -0.116. The molecule has 0 atom stereocenters. The second-order valence-electron chi connectivity index (χ2n) is 5.84. The second-order valence-corrected chi connectivity index (χ2v) is 7.72. The number of nitrogens with one attached hydrogen (secondary N) is 3. The number of hydrogen-bond donors (Lipinski definition) is 3. The number of amides is 1. The van der Waals surface area contributed by atoms with Crippen molar-refractivity contribution in [1.29, 1.82) is 0 Å². The number of halogens is 1. The van der Waals surface area contributed by atoms with E-state index >= 15 is 0 Å². The van der Waals surface area contributed by atoms with Gasteiger partial charge in [0.25, 0.3) is 0 Å². The van der Waals surface area contributed by atoms with Gasteiger partial charge in [-0.3, -0.25) is 4.79 Å². The van der Waals surface area contributed by atoms with E-state index in [1.807, 2.05) is 31.2 Å². The van der Waals surface area contributed by atoms with Crippen LogP contribution in [0.4, 0.5) is 5.69 Å². The first-order valence-corrected chi connectivity index (χ1v) is 10.1. The van der Waals surface area contributed by atoms with E-state index in [0.29, 0.717) is 19.4 Å². The third-order valence-corrected chi connectivity index (χ3v) is 5.43. The van der Waals surface area contributed by atoms with Gasteiger partial charge in [-0.15, -0.1) is 12.4 Å². The number of carbonyl (C=O) groups excluding carboxylic acids is 1. The summed E-state index contributed by atoms with van der Waals surface area (Å²) < 4.78 is 25.7. The van der Waals surface area contributed by atoms with Gasteiger partial charge >= 0.3 is 0 Å². The monoisotopic (exact) mass is 411 g/mol. The third kappa shape index (κ3) is 6.95. The quantitative estimate of drug-likeness (QED) is 0.592. The average Bonchev–Trinajstić information content (AvgIpc) is 2.66. The van der Waals surface area contributed by atoms with Gasteiger partial charge in [0.15, 0.2) is 0 Å². The summed E-state index contributed by atoms with van der Waals surface area (Å²) in [7, 11) is -2.06. The molecule has 0 aliphatic rings. The lowest BCUT2D eigenvalue weighted by Crippen LogP contribution is -2.18. The van der Waals surface area contributed by atoms with Gasteiger partial charge in [0.1, 0.15) is 0 Å². The summed E-state index contributed by atoms with van der Waals surface area (Å²) in [5.41, 5.74) is 2.77. The minimum Gasteiger partial charge on any atom is -0.326 e. The Bertz CT molecular complexity index is 840. The average molecular weight is 412 g/mol. The molecule has 2 aromatic carbocycles. The molecule has 0 spiro atoms. The molecule has 148 valence electrons. The van der Waals surface area contributed by atoms with Crippen LogP contribution in [0.25, 0.3) is 0 Å². The molecule has 27 heavy (non-hydrogen) atoms. The Hall–Kier alpha value is -1.93. The minimum absolute atomic E-state index is 0. The molecule has 0 radical (unpaired) electrons. The van der Waals surface area contributed by atoms with Crippen LogP contribution in [0.3, 0.4) is 0 Å². The highest BCUT2D eigenvalue weighted by atomic mass is 35.5. The zero-order chi connectivity index (χ0) is 19.0. The van der Waals surface area contributed by atoms with Crippen LogP contribution < -0.4 is 15.4 Å². The topological polar surface area (TPSA) is 87.3 Å². The molecule has 0 saturated carbocycles. The second kappa shape index (κ2) is 11.0. The molecule has 6 nitrogen and oxygen atoms in total. The summed E-state index contributed by atoms with van der Waals surface area (Å²) in [6.07, 6.45) is 0.870. The number of carbonyl (C=O) groups is 1. The maximum absolute atomic E-state index is 12.2. The Morgan fingerprint density at radius 2 is 1.70 bits per heavy atom. The van der Waals surface area contributed by atoms with Gasteiger partial charge in [0.2, 0.25) is 15.9 Å². The Morgan fingerprint density at radius 3 is 2.33 bits per heavy atom. The third-order valence-electron chi connectivity index (χ3n) is 4.00. The van der Waals surface area contributed by atoms with Gasteiger partial charge in [-0.25, -0.2) is 13.1 Å². The Labute approximate surface area is 167 Å². The predicted octanol–water partition coefficient (Wildman–Crippen LogP) is 2.70. The van der Waals surface area contributed by atoms with E-state index in [9.17, 15) is 13.2 Å². The molecular weight excluding hydrogens is 386 g/mol. The molecule has 0 unspecified atom stereocenters. The molecule has 0 saturated heterocycles. The molecule has 2 rings (SSSR count). The molecular formula is C19H26ClN3O3S. The Balaban J connectivity index is 0.00000364. The van der Waals surface area contributed by atoms with E-state index in [1.165, 1.54) is 7.05 Å². The van der Waals surface area contributed by atoms with Gasteiger partial charge in [-0.1, -0.05) is 37.3 Å². The van der Waals surface area contributed by atoms with Crippen molar-refractivity contribution in [2.45, 2.75) is 31.2 Å². The van der Waals surface area contributed by atoms with Crippen LogP contribution in [0.5, 0.6) is 0 Å². The van der Waals surface area contributed by atoms with Gasteiger partial charge in [-0.05, 0) is 49.3 Å². The van der Waals surface area contributed by atoms with E-state index in [-0.39, 0.29) is 23.2 Å². The Kier molecular flexibility index (Phi) is 9.45. The number of benzene rings is 2. The van der Waals surface area contributed by atoms with Gasteiger partial charge in [-0.2, -0.15) is 0 Å². The predicted molar refractivity (Wildman–Crippen MR) is 111 cm³/mol. The van der Waals surface area contributed by atoms with E-state index in [4.69, 9.17) is 0 Å². The van der Waals surface area contributed by atoms with E-state index < -0.39 is 10.0 Å². The van der Waals surface area contributed by atoms with Crippen molar-refractivity contribution < 1.29 is 13.2 Å². The van der Waals surface area contributed by atoms with E-state index in [0.717, 1.165) is 23.4 Å². The van der Waals surface area contributed by atoms with Crippen molar-refractivity contribution in [2.24, 2.45) is 0 Å². The van der Waals surface area contributed by atoms with Crippen LogP contribution in [0, 0.1) is 0 Å². The highest BCUT2D eigenvalue weighted by Crippen LogP contribution is 2.16. The number of para-hydroxylation sites is 1. The summed E-state index contributed by atoms with van der Waals surface area (Å²) in [6, 6.07) is 14.3. The van der Waals surface area contributed by atoms with Crippen LogP contribution in [-0.2, 0) is 27.8 Å². The fourth-order valence-corrected chi connectivity index (χ4v) is 3.21. The zero-order valence-corrected chi connectivity index (χ0v) is 17.1. The number of aryl methyl sites for hydroxylation is 1. The Morgan fingerprint density at radius 1 is 1.04 bits per heavy atom. The molecule has 0 heterocycles. The van der Waals surface area contributed by atoms with Crippen molar-refractivity contribution in [3.8, 4) is 0 Å². The summed E-state index contributed by atoms with van der Waals surface area (Å²) in [5.74, 6) is -0.0686. The van der Waals surface area contributed by atoms with Crippen molar-refractivity contribution in [1.82, 2.24) is 10.0 Å². The van der Waals surface area contributed by atoms with Gasteiger partial charge in [0, 0.05) is 18.7 Å². The zero-order valence-electron chi connectivity index (χ0n) is 15.5. The fraction of sp³-hybridized carbons (Fsp3) is 0.316. The summed E-state index contributed by atoms with van der Waals surface area (Å²) in [4.78, 5) is 12.5. The lowest BCUT2D eigenvalue weighted by atomic mass is 10.1. The maximum Gasteiger partial charge on any atom is 0.240 e. The van der Waals surface area contributed by atoms with Crippen molar-refractivity contribution in [3.63, 3.8) is 0 Å². The molecule has 0 aromatic heterocycles. The van der Waals surface area contributed by atoms with Crippen molar-refractivity contribution >= 4 is 34.0 Å². The number of rotatable bonds is 9. The molecule has 0 aliphatic heterocycles. The van der Waals surface area contributed by atoms with Gasteiger partial charge in [0.05, 0.1) is 4.90 Å². The number of anilines is 1. The van der Waals surface area contributed by atoms with Crippen molar-refractivity contribution in [3.05, 3.63) is 59.7 Å². The van der Waals surface area contributed by atoms with Crippen molar-refractivity contribution in [2.75, 3.05) is 18.9 Å². The SMILES string of the molecule is CCNCc1ccccc1NC(=O)CCc1ccc(S(=O)(=O)NC)cc1.Cl. The van der Waals surface area contributed by atoms with E-state index in [2.05, 4.69) is 15.4 Å². The van der Waals surface area contributed by atoms with Crippen LogP contribution in [-0.4, -0.2) is 27.9 Å². The summed E-state index contributed by atoms with van der Waals surface area (Å²) in [5, 5.41) is 6.20. The standard InChI is InChI=1S/C19H25N3O3S.ClH/c1-3-21-14-16-6-4-5-7-18(16)22-19(23)13-10-15-8-11-17(12-9-15)26(24,25)20-2;/h4-9,11-12,20-21H,3,10,13-14H2,1-2H3,(H,22,23);1H. The van der Waals surface area contributed by atoms with Gasteiger partial charge < -0.3 is 10.6 Å². The summed E-state index contributed by atoms with van der Waals surface area (Å²) >= 11 is 0. The number of hydrogen-bond acceptors (Lipinski definition) is 4.